The molecule has 2 aromatic heterocycles. The number of nitrogens with zero attached hydrogens (tertiary/aromatic N) is 2. The van der Waals surface area contributed by atoms with Gasteiger partial charge in [0.15, 0.2) is 0 Å². The van der Waals surface area contributed by atoms with E-state index in [1.54, 1.807) is 11.3 Å². The van der Waals surface area contributed by atoms with E-state index in [2.05, 4.69) is 53.9 Å². The van der Waals surface area contributed by atoms with Crippen molar-refractivity contribution in [2.45, 2.75) is 40.4 Å². The second-order valence-electron chi connectivity index (χ2n) is 5.64. The average molecular weight is 324 g/mol. The minimum absolute atomic E-state index is 0.686. The first-order valence-corrected chi connectivity index (χ1v) is 9.32. The van der Waals surface area contributed by atoms with E-state index in [9.17, 15) is 0 Å². The molecular formula is C16H25N3S2. The first-order valence-electron chi connectivity index (χ1n) is 7.56. The van der Waals surface area contributed by atoms with Crippen LogP contribution < -0.4 is 5.32 Å². The van der Waals surface area contributed by atoms with E-state index in [1.165, 1.54) is 15.6 Å². The molecule has 2 rings (SSSR count). The first-order chi connectivity index (χ1) is 10.2. The molecule has 3 nitrogen and oxygen atoms in total. The van der Waals surface area contributed by atoms with Crippen LogP contribution in [0.15, 0.2) is 22.9 Å². The van der Waals surface area contributed by atoms with E-state index in [0.717, 1.165) is 32.7 Å². The quantitative estimate of drug-likeness (QED) is 0.757. The third-order valence-electron chi connectivity index (χ3n) is 3.22. The van der Waals surface area contributed by atoms with Crippen LogP contribution in [0.25, 0.3) is 0 Å². The summed E-state index contributed by atoms with van der Waals surface area (Å²) in [4.78, 5) is 8.60. The molecule has 0 aliphatic rings. The summed E-state index contributed by atoms with van der Waals surface area (Å²) in [5.41, 5.74) is 1.19. The molecule has 0 aliphatic carbocycles. The molecule has 0 unspecified atom stereocenters. The summed E-state index contributed by atoms with van der Waals surface area (Å²) in [5, 5.41) is 8.99. The summed E-state index contributed by atoms with van der Waals surface area (Å²) in [6.45, 7) is 11.6. The molecule has 0 spiro atoms. The molecule has 0 atom stereocenters. The van der Waals surface area contributed by atoms with Gasteiger partial charge in [-0.15, -0.1) is 22.7 Å². The zero-order valence-electron chi connectivity index (χ0n) is 13.1. The molecule has 0 saturated heterocycles. The highest BCUT2D eigenvalue weighted by molar-refractivity contribution is 7.10. The SMILES string of the molecule is CCN(Cc1csc(CNCC(C)C)n1)Cc1cccs1. The minimum atomic E-state index is 0.686. The summed E-state index contributed by atoms with van der Waals surface area (Å²) in [7, 11) is 0. The van der Waals surface area contributed by atoms with Gasteiger partial charge in [0, 0.05) is 29.9 Å². The van der Waals surface area contributed by atoms with Crippen LogP contribution in [0.1, 0.15) is 36.3 Å². The van der Waals surface area contributed by atoms with Crippen molar-refractivity contribution in [1.29, 1.82) is 0 Å². The van der Waals surface area contributed by atoms with Gasteiger partial charge in [-0.2, -0.15) is 0 Å². The van der Waals surface area contributed by atoms with Gasteiger partial charge >= 0.3 is 0 Å². The lowest BCUT2D eigenvalue weighted by atomic mass is 10.2. The molecule has 2 heterocycles. The Morgan fingerprint density at radius 2 is 2.14 bits per heavy atom. The molecule has 0 fully saturated rings. The highest BCUT2D eigenvalue weighted by atomic mass is 32.1. The van der Waals surface area contributed by atoms with Gasteiger partial charge in [-0.25, -0.2) is 4.98 Å². The normalized spacial score (nSPS) is 11.7. The van der Waals surface area contributed by atoms with Crippen molar-refractivity contribution in [2.75, 3.05) is 13.1 Å². The Hall–Kier alpha value is -0.750. The summed E-state index contributed by atoms with van der Waals surface area (Å²) >= 11 is 3.59. The van der Waals surface area contributed by atoms with Gasteiger partial charge in [0.25, 0.3) is 0 Å². The van der Waals surface area contributed by atoms with Crippen molar-refractivity contribution in [1.82, 2.24) is 15.2 Å². The fourth-order valence-electron chi connectivity index (χ4n) is 2.10. The third-order valence-corrected chi connectivity index (χ3v) is 4.98. The summed E-state index contributed by atoms with van der Waals surface area (Å²) in [6, 6.07) is 4.32. The van der Waals surface area contributed by atoms with Gasteiger partial charge in [0.05, 0.1) is 5.69 Å². The Morgan fingerprint density at radius 1 is 1.29 bits per heavy atom. The van der Waals surface area contributed by atoms with Gasteiger partial charge in [-0.1, -0.05) is 26.8 Å². The highest BCUT2D eigenvalue weighted by Gasteiger charge is 2.09. The van der Waals surface area contributed by atoms with Crippen LogP contribution in [-0.4, -0.2) is 23.0 Å². The number of hydrogen-bond acceptors (Lipinski definition) is 5. The molecule has 0 amide bonds. The molecule has 0 aromatic carbocycles. The van der Waals surface area contributed by atoms with Crippen LogP contribution in [0.4, 0.5) is 0 Å². The monoisotopic (exact) mass is 323 g/mol. The topological polar surface area (TPSA) is 28.2 Å². The molecule has 2 aromatic rings. The summed E-state index contributed by atoms with van der Waals surface area (Å²) in [6.07, 6.45) is 0. The molecule has 21 heavy (non-hydrogen) atoms. The fourth-order valence-corrected chi connectivity index (χ4v) is 3.60. The van der Waals surface area contributed by atoms with Crippen LogP contribution in [0.3, 0.4) is 0 Å². The number of rotatable bonds is 9. The first kappa shape index (κ1) is 16.6. The Morgan fingerprint density at radius 3 is 2.81 bits per heavy atom. The maximum atomic E-state index is 4.74. The van der Waals surface area contributed by atoms with Crippen LogP contribution >= 0.6 is 22.7 Å². The van der Waals surface area contributed by atoms with Crippen molar-refractivity contribution < 1.29 is 0 Å². The second-order valence-corrected chi connectivity index (χ2v) is 7.61. The maximum Gasteiger partial charge on any atom is 0.107 e. The Balaban J connectivity index is 1.82. The molecule has 0 bridgehead atoms. The van der Waals surface area contributed by atoms with Crippen molar-refractivity contribution >= 4 is 22.7 Å². The van der Waals surface area contributed by atoms with Gasteiger partial charge in [-0.3, -0.25) is 4.90 Å². The molecule has 1 N–H and O–H groups in total. The fraction of sp³-hybridized carbons (Fsp3) is 0.562. The smallest absolute Gasteiger partial charge is 0.107 e. The second kappa shape index (κ2) is 8.63. The van der Waals surface area contributed by atoms with Crippen LogP contribution in [0.2, 0.25) is 0 Å². The van der Waals surface area contributed by atoms with Gasteiger partial charge < -0.3 is 5.32 Å². The van der Waals surface area contributed by atoms with Crippen molar-refractivity contribution in [2.24, 2.45) is 5.92 Å². The summed E-state index contributed by atoms with van der Waals surface area (Å²) < 4.78 is 0. The lowest BCUT2D eigenvalue weighted by molar-refractivity contribution is 0.271. The molecule has 0 saturated carbocycles. The number of thiazole rings is 1. The van der Waals surface area contributed by atoms with Crippen LogP contribution in [-0.2, 0) is 19.6 Å². The molecule has 5 heteroatoms. The predicted molar refractivity (Wildman–Crippen MR) is 92.8 cm³/mol. The van der Waals surface area contributed by atoms with Gasteiger partial charge in [0.2, 0.25) is 0 Å². The van der Waals surface area contributed by atoms with E-state index in [-0.39, 0.29) is 0 Å². The maximum absolute atomic E-state index is 4.74. The zero-order chi connectivity index (χ0) is 15.1. The molecule has 0 radical (unpaired) electrons. The number of hydrogen-bond donors (Lipinski definition) is 1. The van der Waals surface area contributed by atoms with Crippen molar-refractivity contribution in [3.63, 3.8) is 0 Å². The number of aromatic nitrogens is 1. The number of nitrogens with one attached hydrogen (secondary N) is 1. The van der Waals surface area contributed by atoms with Crippen molar-refractivity contribution in [3.05, 3.63) is 38.5 Å². The van der Waals surface area contributed by atoms with Gasteiger partial charge in [0.1, 0.15) is 5.01 Å². The van der Waals surface area contributed by atoms with E-state index in [4.69, 9.17) is 4.98 Å². The zero-order valence-corrected chi connectivity index (χ0v) is 14.8. The van der Waals surface area contributed by atoms with Crippen LogP contribution in [0.5, 0.6) is 0 Å². The molecular weight excluding hydrogens is 298 g/mol. The van der Waals surface area contributed by atoms with E-state index < -0.39 is 0 Å². The van der Waals surface area contributed by atoms with Crippen LogP contribution in [0, 0.1) is 5.92 Å². The minimum Gasteiger partial charge on any atom is -0.310 e. The van der Waals surface area contributed by atoms with E-state index >= 15 is 0 Å². The molecule has 0 aliphatic heterocycles. The number of thiophene rings is 1. The molecule has 116 valence electrons. The average Bonchev–Trinajstić information content (AvgIpc) is 3.09. The van der Waals surface area contributed by atoms with E-state index in [0.29, 0.717) is 5.92 Å². The van der Waals surface area contributed by atoms with Crippen molar-refractivity contribution in [3.8, 4) is 0 Å². The Labute approximate surface area is 136 Å². The van der Waals surface area contributed by atoms with Gasteiger partial charge in [-0.05, 0) is 30.5 Å². The largest absolute Gasteiger partial charge is 0.310 e. The summed E-state index contributed by atoms with van der Waals surface area (Å²) in [5.74, 6) is 0.686. The highest BCUT2D eigenvalue weighted by Crippen LogP contribution is 2.16. The van der Waals surface area contributed by atoms with E-state index in [1.807, 2.05) is 11.3 Å². The lowest BCUT2D eigenvalue weighted by Gasteiger charge is -2.18. The Kier molecular flexibility index (Phi) is 6.83. The standard InChI is InChI=1S/C16H25N3S2/c1-4-19(11-15-6-5-7-20-15)10-14-12-21-16(18-14)9-17-8-13(2)3/h5-7,12-13,17H,4,8-11H2,1-3H3. The Bertz CT molecular complexity index is 505. The predicted octanol–water partition coefficient (Wildman–Crippen LogP) is 3.97. The lowest BCUT2D eigenvalue weighted by Crippen LogP contribution is -2.22. The third kappa shape index (κ3) is 5.87.